The average molecular weight is 1070 g/mol. The van der Waals surface area contributed by atoms with Gasteiger partial charge in [-0.15, -0.1) is 0 Å². The molecule has 1 unspecified atom stereocenters. The van der Waals surface area contributed by atoms with Gasteiger partial charge in [-0.25, -0.2) is 0 Å². The van der Waals surface area contributed by atoms with E-state index < -0.39 is 6.10 Å². The van der Waals surface area contributed by atoms with E-state index in [1.54, 1.807) is 0 Å². The summed E-state index contributed by atoms with van der Waals surface area (Å²) >= 11 is 0. The van der Waals surface area contributed by atoms with Crippen LogP contribution >= 0.6 is 0 Å². The Morgan fingerprint density at radius 1 is 0.263 bits per heavy atom. The van der Waals surface area contributed by atoms with Crippen molar-refractivity contribution in [3.8, 4) is 0 Å². The van der Waals surface area contributed by atoms with Crippen LogP contribution in [0, 0.1) is 0 Å². The van der Waals surface area contributed by atoms with Crippen molar-refractivity contribution in [1.29, 1.82) is 0 Å². The lowest BCUT2D eigenvalue weighted by molar-refractivity contribution is -0.167. The van der Waals surface area contributed by atoms with Gasteiger partial charge in [0.05, 0.1) is 0 Å². The van der Waals surface area contributed by atoms with Crippen molar-refractivity contribution in [2.24, 2.45) is 0 Å². The molecular formula is C70H132O6. The first-order chi connectivity index (χ1) is 37.5. The molecule has 0 saturated carbocycles. The Morgan fingerprint density at radius 2 is 0.474 bits per heavy atom. The van der Waals surface area contributed by atoms with Crippen molar-refractivity contribution in [2.75, 3.05) is 13.2 Å². The SMILES string of the molecule is CCCCCCC/C=C\C/C=C\CCCCCCCCCCCCCCCC(=O)OC(COC(=O)CCCCCCCCC)COC(=O)CCCCCCCCCCCCCCCCCCCCCCCCCCCC. The molecule has 76 heavy (non-hydrogen) atoms. The first kappa shape index (κ1) is 73.9. The number of ether oxygens (including phenoxy) is 3. The average Bonchev–Trinajstić information content (AvgIpc) is 3.42. The highest BCUT2D eigenvalue weighted by atomic mass is 16.6. The number of allylic oxidation sites excluding steroid dienone is 4. The summed E-state index contributed by atoms with van der Waals surface area (Å²) in [5, 5.41) is 0. The fourth-order valence-corrected chi connectivity index (χ4v) is 10.5. The van der Waals surface area contributed by atoms with E-state index in [1.807, 2.05) is 0 Å². The second kappa shape index (κ2) is 65.4. The third kappa shape index (κ3) is 62.7. The molecule has 6 heteroatoms. The Labute approximate surface area is 474 Å². The summed E-state index contributed by atoms with van der Waals surface area (Å²) in [5.41, 5.74) is 0. The smallest absolute Gasteiger partial charge is 0.306 e. The van der Waals surface area contributed by atoms with Gasteiger partial charge in [-0.05, 0) is 51.4 Å². The second-order valence-corrected chi connectivity index (χ2v) is 23.5. The highest BCUT2D eigenvalue weighted by Gasteiger charge is 2.19. The number of hydrogen-bond acceptors (Lipinski definition) is 6. The molecule has 0 radical (unpaired) electrons. The lowest BCUT2D eigenvalue weighted by atomic mass is 10.0. The van der Waals surface area contributed by atoms with E-state index in [1.165, 1.54) is 283 Å². The van der Waals surface area contributed by atoms with Gasteiger partial charge in [0, 0.05) is 19.3 Å². The normalized spacial score (nSPS) is 12.1. The van der Waals surface area contributed by atoms with Crippen LogP contribution in [0.25, 0.3) is 0 Å². The monoisotopic (exact) mass is 1070 g/mol. The zero-order valence-electron chi connectivity index (χ0n) is 51.6. The number of unbranched alkanes of at least 4 members (excludes halogenated alkanes) is 49. The van der Waals surface area contributed by atoms with Crippen LogP contribution in [0.1, 0.15) is 387 Å². The minimum atomic E-state index is -0.766. The highest BCUT2D eigenvalue weighted by Crippen LogP contribution is 2.19. The molecule has 0 rings (SSSR count). The molecule has 0 aromatic heterocycles. The van der Waals surface area contributed by atoms with Crippen LogP contribution < -0.4 is 0 Å². The minimum absolute atomic E-state index is 0.0655. The molecule has 0 aliphatic rings. The lowest BCUT2D eigenvalue weighted by Gasteiger charge is -2.18. The maximum atomic E-state index is 12.9. The number of hydrogen-bond donors (Lipinski definition) is 0. The molecule has 0 aliphatic heterocycles. The maximum absolute atomic E-state index is 12.9. The van der Waals surface area contributed by atoms with E-state index in [0.29, 0.717) is 19.3 Å². The molecule has 0 aromatic carbocycles. The van der Waals surface area contributed by atoms with E-state index >= 15 is 0 Å². The van der Waals surface area contributed by atoms with Gasteiger partial charge in [-0.3, -0.25) is 14.4 Å². The summed E-state index contributed by atoms with van der Waals surface area (Å²) in [6, 6.07) is 0. The van der Waals surface area contributed by atoms with Gasteiger partial charge in [-0.1, -0.05) is 340 Å². The molecular weight excluding hydrogens is 937 g/mol. The first-order valence-electron chi connectivity index (χ1n) is 34.3. The molecule has 0 spiro atoms. The van der Waals surface area contributed by atoms with Crippen molar-refractivity contribution in [3.63, 3.8) is 0 Å². The molecule has 0 bridgehead atoms. The van der Waals surface area contributed by atoms with Crippen LogP contribution in [0.5, 0.6) is 0 Å². The van der Waals surface area contributed by atoms with Gasteiger partial charge < -0.3 is 14.2 Å². The molecule has 0 aliphatic carbocycles. The fraction of sp³-hybridized carbons (Fsp3) is 0.900. The number of carbonyl (C=O) groups excluding carboxylic acids is 3. The standard InChI is InChI=1S/C70H132O6/c1-4-7-10-13-16-18-20-22-24-26-28-30-32-34-36-37-39-41-43-45-47-49-51-54-57-60-63-69(72)75-66-67(65-74-68(71)62-59-56-53-15-12-9-6-3)76-70(73)64-61-58-55-52-50-48-46-44-42-40-38-35-33-31-29-27-25-23-21-19-17-14-11-8-5-2/h21,23,27,29,67H,4-20,22,24-26,28,30-66H2,1-3H3/b23-21-,29-27-. The van der Waals surface area contributed by atoms with Gasteiger partial charge in [0.15, 0.2) is 6.10 Å². The molecule has 1 atom stereocenters. The van der Waals surface area contributed by atoms with Crippen LogP contribution in [0.15, 0.2) is 24.3 Å². The topological polar surface area (TPSA) is 78.9 Å². The number of carbonyl (C=O) groups is 3. The summed E-state index contributed by atoms with van der Waals surface area (Å²) in [4.78, 5) is 38.1. The van der Waals surface area contributed by atoms with Crippen molar-refractivity contribution in [3.05, 3.63) is 24.3 Å². The molecule has 0 N–H and O–H groups in total. The van der Waals surface area contributed by atoms with E-state index in [2.05, 4.69) is 45.1 Å². The molecule has 0 amide bonds. The molecule has 0 aromatic rings. The first-order valence-corrected chi connectivity index (χ1v) is 34.3. The molecule has 0 fully saturated rings. The van der Waals surface area contributed by atoms with E-state index in [9.17, 15) is 14.4 Å². The summed E-state index contributed by atoms with van der Waals surface area (Å²) < 4.78 is 16.9. The molecule has 6 nitrogen and oxygen atoms in total. The van der Waals surface area contributed by atoms with Gasteiger partial charge in [0.2, 0.25) is 0 Å². The summed E-state index contributed by atoms with van der Waals surface area (Å²) in [5.74, 6) is -0.846. The molecule has 0 saturated heterocycles. The van der Waals surface area contributed by atoms with E-state index in [-0.39, 0.29) is 31.1 Å². The number of esters is 3. The van der Waals surface area contributed by atoms with Crippen LogP contribution in [-0.4, -0.2) is 37.2 Å². The van der Waals surface area contributed by atoms with Crippen LogP contribution in [0.3, 0.4) is 0 Å². The van der Waals surface area contributed by atoms with Crippen LogP contribution in [-0.2, 0) is 28.6 Å². The Kier molecular flexibility index (Phi) is 63.6. The van der Waals surface area contributed by atoms with E-state index in [4.69, 9.17) is 14.2 Å². The fourth-order valence-electron chi connectivity index (χ4n) is 10.5. The summed E-state index contributed by atoms with van der Waals surface area (Å²) in [6.45, 7) is 6.66. The summed E-state index contributed by atoms with van der Waals surface area (Å²) in [7, 11) is 0. The Balaban J connectivity index is 4.03. The van der Waals surface area contributed by atoms with Gasteiger partial charge >= 0.3 is 17.9 Å². The predicted molar refractivity (Wildman–Crippen MR) is 330 cm³/mol. The Hall–Kier alpha value is -2.11. The van der Waals surface area contributed by atoms with Crippen LogP contribution in [0.4, 0.5) is 0 Å². The lowest BCUT2D eigenvalue weighted by Crippen LogP contribution is -2.30. The Bertz CT molecular complexity index is 1230. The third-order valence-electron chi connectivity index (χ3n) is 15.7. The van der Waals surface area contributed by atoms with Crippen molar-refractivity contribution in [1.82, 2.24) is 0 Å². The maximum Gasteiger partial charge on any atom is 0.306 e. The zero-order valence-corrected chi connectivity index (χ0v) is 51.6. The van der Waals surface area contributed by atoms with Gasteiger partial charge in [0.1, 0.15) is 13.2 Å². The van der Waals surface area contributed by atoms with Crippen molar-refractivity contribution >= 4 is 17.9 Å². The minimum Gasteiger partial charge on any atom is -0.462 e. The van der Waals surface area contributed by atoms with Gasteiger partial charge in [0.25, 0.3) is 0 Å². The quantitative estimate of drug-likeness (QED) is 0.0261. The summed E-state index contributed by atoms with van der Waals surface area (Å²) in [6.07, 6.45) is 79.5. The van der Waals surface area contributed by atoms with Crippen molar-refractivity contribution in [2.45, 2.75) is 393 Å². The van der Waals surface area contributed by atoms with Gasteiger partial charge in [-0.2, -0.15) is 0 Å². The van der Waals surface area contributed by atoms with Crippen LogP contribution in [0.2, 0.25) is 0 Å². The third-order valence-corrected chi connectivity index (χ3v) is 15.7. The predicted octanol–water partition coefficient (Wildman–Crippen LogP) is 23.4. The highest BCUT2D eigenvalue weighted by molar-refractivity contribution is 5.71. The largest absolute Gasteiger partial charge is 0.462 e. The molecule has 448 valence electrons. The number of rotatable bonds is 64. The molecule has 0 heterocycles. The van der Waals surface area contributed by atoms with E-state index in [0.717, 1.165) is 64.2 Å². The zero-order chi connectivity index (χ0) is 55.0. The Morgan fingerprint density at radius 3 is 0.724 bits per heavy atom. The van der Waals surface area contributed by atoms with Crippen molar-refractivity contribution < 1.29 is 28.6 Å². The second-order valence-electron chi connectivity index (χ2n) is 23.5.